The van der Waals surface area contributed by atoms with Crippen molar-refractivity contribution in [1.82, 2.24) is 15.0 Å². The van der Waals surface area contributed by atoms with Crippen molar-refractivity contribution in [2.45, 2.75) is 0 Å². The van der Waals surface area contributed by atoms with Crippen molar-refractivity contribution in [1.29, 1.82) is 0 Å². The first-order chi connectivity index (χ1) is 29.2. The smallest absolute Gasteiger partial charge is 0.164 e. The number of furan rings is 1. The first kappa shape index (κ1) is 34.3. The Labute approximate surface area is 341 Å². The quantitative estimate of drug-likeness (QED) is 0.163. The molecule has 0 saturated carbocycles. The fourth-order valence-electron chi connectivity index (χ4n) is 8.35. The maximum atomic E-state index is 6.57. The lowest BCUT2D eigenvalue weighted by Gasteiger charge is -2.15. The van der Waals surface area contributed by atoms with Gasteiger partial charge in [0.05, 0.1) is 0 Å². The van der Waals surface area contributed by atoms with Gasteiger partial charge >= 0.3 is 0 Å². The Morgan fingerprint density at radius 2 is 0.729 bits per heavy atom. The van der Waals surface area contributed by atoms with E-state index in [9.17, 15) is 0 Å². The minimum atomic E-state index is 0.570. The molecule has 276 valence electrons. The lowest BCUT2D eigenvalue weighted by atomic mass is 9.92. The largest absolute Gasteiger partial charge is 0.456 e. The third-order valence-electron chi connectivity index (χ3n) is 11.2. The molecule has 2 aromatic heterocycles. The van der Waals surface area contributed by atoms with Gasteiger partial charge in [-0.2, -0.15) is 0 Å². The van der Waals surface area contributed by atoms with E-state index in [0.717, 1.165) is 93.9 Å². The van der Waals surface area contributed by atoms with Gasteiger partial charge in [-0.15, -0.1) is 0 Å². The Morgan fingerprint density at radius 3 is 1.37 bits per heavy atom. The van der Waals surface area contributed by atoms with Crippen molar-refractivity contribution in [2.24, 2.45) is 0 Å². The zero-order valence-corrected chi connectivity index (χ0v) is 32.0. The molecule has 0 bridgehead atoms. The molecule has 0 aliphatic carbocycles. The average molecular weight is 754 g/mol. The molecular formula is C55H35N3O. The van der Waals surface area contributed by atoms with Crippen LogP contribution in [0.15, 0.2) is 217 Å². The summed E-state index contributed by atoms with van der Waals surface area (Å²) in [5, 5.41) is 4.34. The van der Waals surface area contributed by atoms with Gasteiger partial charge in [0.2, 0.25) is 0 Å². The monoisotopic (exact) mass is 753 g/mol. The molecular weight excluding hydrogens is 719 g/mol. The number of nitrogens with zero attached hydrogens (tertiary/aromatic N) is 3. The predicted molar refractivity (Wildman–Crippen MR) is 243 cm³/mol. The second kappa shape index (κ2) is 14.5. The van der Waals surface area contributed by atoms with E-state index < -0.39 is 0 Å². The molecule has 0 unspecified atom stereocenters. The molecule has 59 heavy (non-hydrogen) atoms. The number of fused-ring (bicyclic) bond motifs is 4. The number of hydrogen-bond acceptors (Lipinski definition) is 4. The molecule has 0 spiro atoms. The van der Waals surface area contributed by atoms with Gasteiger partial charge < -0.3 is 4.42 Å². The molecule has 2 heterocycles. The lowest BCUT2D eigenvalue weighted by Crippen LogP contribution is -2.01. The molecule has 0 aliphatic heterocycles. The summed E-state index contributed by atoms with van der Waals surface area (Å²) >= 11 is 0. The van der Waals surface area contributed by atoms with E-state index in [1.54, 1.807) is 0 Å². The Hall–Kier alpha value is -7.95. The van der Waals surface area contributed by atoms with Crippen LogP contribution in [0.1, 0.15) is 0 Å². The van der Waals surface area contributed by atoms with Crippen LogP contribution in [0.4, 0.5) is 0 Å². The van der Waals surface area contributed by atoms with Crippen LogP contribution >= 0.6 is 0 Å². The van der Waals surface area contributed by atoms with Crippen LogP contribution in [-0.2, 0) is 0 Å². The van der Waals surface area contributed by atoms with Crippen molar-refractivity contribution in [2.75, 3.05) is 0 Å². The van der Waals surface area contributed by atoms with E-state index in [0.29, 0.717) is 17.5 Å². The van der Waals surface area contributed by atoms with Crippen LogP contribution in [0.5, 0.6) is 0 Å². The Kier molecular flexibility index (Phi) is 8.45. The molecule has 0 atom stereocenters. The normalized spacial score (nSPS) is 11.4. The highest BCUT2D eigenvalue weighted by Crippen LogP contribution is 2.40. The summed E-state index contributed by atoms with van der Waals surface area (Å²) in [4.78, 5) is 15.8. The molecule has 11 rings (SSSR count). The van der Waals surface area contributed by atoms with Gasteiger partial charge in [0.15, 0.2) is 17.5 Å². The molecule has 11 aromatic rings. The molecule has 4 heteroatoms. The molecule has 0 radical (unpaired) electrons. The average Bonchev–Trinajstić information content (AvgIpc) is 3.70. The van der Waals surface area contributed by atoms with E-state index in [4.69, 9.17) is 19.4 Å². The highest BCUT2D eigenvalue weighted by Gasteiger charge is 2.19. The fraction of sp³-hybridized carbons (Fsp3) is 0. The number of aromatic nitrogens is 3. The van der Waals surface area contributed by atoms with Gasteiger partial charge in [0.25, 0.3) is 0 Å². The van der Waals surface area contributed by atoms with E-state index in [1.807, 2.05) is 12.1 Å². The predicted octanol–water partition coefficient (Wildman–Crippen LogP) is 14.6. The van der Waals surface area contributed by atoms with Crippen molar-refractivity contribution in [3.05, 3.63) is 212 Å². The van der Waals surface area contributed by atoms with E-state index in [1.165, 1.54) is 0 Å². The lowest BCUT2D eigenvalue weighted by molar-refractivity contribution is 0.669. The van der Waals surface area contributed by atoms with Gasteiger partial charge in [0.1, 0.15) is 11.2 Å². The first-order valence-electron chi connectivity index (χ1n) is 19.9. The van der Waals surface area contributed by atoms with E-state index in [-0.39, 0.29) is 0 Å². The van der Waals surface area contributed by atoms with Crippen molar-refractivity contribution in [3.63, 3.8) is 0 Å². The fourth-order valence-corrected chi connectivity index (χ4v) is 8.35. The number of rotatable bonds is 7. The summed E-state index contributed by atoms with van der Waals surface area (Å²) in [5.41, 5.74) is 13.4. The molecule has 0 aliphatic rings. The standard InChI is InChI=1S/C55H35N3O/c1-5-16-36(17-6-1)42-32-33-47(46-25-14-13-24-45(42)46)55-57-53(40-28-30-43(37-18-7-2-8-19-37)49(34-40)39-22-11-4-12-23-39)56-54(58-55)41-29-31-48-51(35-41)59-50-27-15-26-44(52(48)50)38-20-9-3-10-21-38/h1-35H. The Balaban J connectivity index is 1.13. The minimum absolute atomic E-state index is 0.570. The molecule has 0 saturated heterocycles. The summed E-state index contributed by atoms with van der Waals surface area (Å²) in [5.74, 6) is 1.76. The summed E-state index contributed by atoms with van der Waals surface area (Å²) in [7, 11) is 0. The highest BCUT2D eigenvalue weighted by atomic mass is 16.3. The molecule has 9 aromatic carbocycles. The summed E-state index contributed by atoms with van der Waals surface area (Å²) < 4.78 is 6.57. The number of benzene rings is 9. The van der Waals surface area contributed by atoms with Crippen LogP contribution in [0.25, 0.3) is 111 Å². The van der Waals surface area contributed by atoms with Crippen LogP contribution in [0, 0.1) is 0 Å². The minimum Gasteiger partial charge on any atom is -0.456 e. The van der Waals surface area contributed by atoms with Crippen molar-refractivity contribution >= 4 is 32.7 Å². The summed E-state index contributed by atoms with van der Waals surface area (Å²) in [6, 6.07) is 73.9. The third kappa shape index (κ3) is 6.24. The van der Waals surface area contributed by atoms with Crippen molar-refractivity contribution < 1.29 is 4.42 Å². The SMILES string of the molecule is c1ccc(-c2ccc(-c3nc(-c4ccc5c(c4)oc4cccc(-c6ccccc6)c45)nc(-c4ccc(-c5ccccc5)c5ccccc45)n3)cc2-c2ccccc2)cc1. The molecule has 0 amide bonds. The van der Waals surface area contributed by atoms with Crippen LogP contribution < -0.4 is 0 Å². The summed E-state index contributed by atoms with van der Waals surface area (Å²) in [6.07, 6.45) is 0. The van der Waals surface area contributed by atoms with Gasteiger partial charge in [-0.3, -0.25) is 0 Å². The Morgan fingerprint density at radius 1 is 0.254 bits per heavy atom. The van der Waals surface area contributed by atoms with Gasteiger partial charge in [-0.25, -0.2) is 15.0 Å². The van der Waals surface area contributed by atoms with Crippen LogP contribution in [0.3, 0.4) is 0 Å². The first-order valence-corrected chi connectivity index (χ1v) is 19.9. The zero-order valence-electron chi connectivity index (χ0n) is 32.0. The van der Waals surface area contributed by atoms with E-state index in [2.05, 4.69) is 200 Å². The topological polar surface area (TPSA) is 51.8 Å². The van der Waals surface area contributed by atoms with Gasteiger partial charge in [-0.1, -0.05) is 182 Å². The van der Waals surface area contributed by atoms with Crippen molar-refractivity contribution in [3.8, 4) is 78.7 Å². The maximum Gasteiger partial charge on any atom is 0.164 e. The zero-order chi connectivity index (χ0) is 39.1. The van der Waals surface area contributed by atoms with Crippen LogP contribution in [0.2, 0.25) is 0 Å². The molecule has 0 N–H and O–H groups in total. The highest BCUT2D eigenvalue weighted by molar-refractivity contribution is 6.13. The second-order valence-corrected chi connectivity index (χ2v) is 14.7. The Bertz CT molecular complexity index is 3300. The van der Waals surface area contributed by atoms with E-state index >= 15 is 0 Å². The summed E-state index contributed by atoms with van der Waals surface area (Å²) in [6.45, 7) is 0. The van der Waals surface area contributed by atoms with Crippen LogP contribution in [-0.4, -0.2) is 15.0 Å². The molecule has 0 fully saturated rings. The maximum absolute atomic E-state index is 6.57. The molecule has 4 nitrogen and oxygen atoms in total. The number of hydrogen-bond donors (Lipinski definition) is 0. The second-order valence-electron chi connectivity index (χ2n) is 14.7. The van der Waals surface area contributed by atoms with Gasteiger partial charge in [-0.05, 0) is 85.6 Å². The van der Waals surface area contributed by atoms with Gasteiger partial charge in [0, 0.05) is 27.5 Å². The third-order valence-corrected chi connectivity index (χ3v) is 11.2.